The predicted molar refractivity (Wildman–Crippen MR) is 73.1 cm³/mol. The highest BCUT2D eigenvalue weighted by Gasteiger charge is 2.22. The molecule has 2 aromatic rings. The van der Waals surface area contributed by atoms with Crippen molar-refractivity contribution in [3.05, 3.63) is 53.9 Å². The summed E-state index contributed by atoms with van der Waals surface area (Å²) >= 11 is 0. The molecule has 1 aromatic carbocycles. The Morgan fingerprint density at radius 1 is 1.26 bits per heavy atom. The molecular formula is C15H18N2O2. The van der Waals surface area contributed by atoms with Crippen molar-refractivity contribution < 1.29 is 9.90 Å². The lowest BCUT2D eigenvalue weighted by Gasteiger charge is -2.16. The Labute approximate surface area is 112 Å². The highest BCUT2D eigenvalue weighted by Crippen LogP contribution is 2.22. The van der Waals surface area contributed by atoms with Gasteiger partial charge in [-0.25, -0.2) is 0 Å². The van der Waals surface area contributed by atoms with E-state index in [1.165, 1.54) is 0 Å². The summed E-state index contributed by atoms with van der Waals surface area (Å²) < 4.78 is 1.87. The second kappa shape index (κ2) is 5.69. The monoisotopic (exact) mass is 258 g/mol. The molecule has 100 valence electrons. The second-order valence-corrected chi connectivity index (χ2v) is 4.87. The minimum absolute atomic E-state index is 0.232. The zero-order valence-electron chi connectivity index (χ0n) is 11.2. The summed E-state index contributed by atoms with van der Waals surface area (Å²) in [6.07, 6.45) is 2.18. The van der Waals surface area contributed by atoms with Crippen LogP contribution in [0.25, 0.3) is 0 Å². The van der Waals surface area contributed by atoms with Gasteiger partial charge in [-0.15, -0.1) is 0 Å². The molecule has 0 fully saturated rings. The van der Waals surface area contributed by atoms with Gasteiger partial charge < -0.3 is 5.11 Å². The van der Waals surface area contributed by atoms with Crippen LogP contribution in [0.4, 0.5) is 0 Å². The lowest BCUT2D eigenvalue weighted by molar-refractivity contribution is -0.138. The van der Waals surface area contributed by atoms with Gasteiger partial charge in [-0.1, -0.05) is 30.3 Å². The van der Waals surface area contributed by atoms with E-state index in [0.717, 1.165) is 11.3 Å². The fourth-order valence-electron chi connectivity index (χ4n) is 2.21. The van der Waals surface area contributed by atoms with Gasteiger partial charge in [0.25, 0.3) is 0 Å². The Balaban J connectivity index is 2.27. The van der Waals surface area contributed by atoms with Crippen LogP contribution < -0.4 is 0 Å². The normalized spacial score (nSPS) is 12.6. The quantitative estimate of drug-likeness (QED) is 0.897. The van der Waals surface area contributed by atoms with Crippen LogP contribution in [-0.2, 0) is 11.2 Å². The molecule has 1 N–H and O–H groups in total. The van der Waals surface area contributed by atoms with Crippen LogP contribution in [-0.4, -0.2) is 20.9 Å². The molecule has 0 saturated heterocycles. The van der Waals surface area contributed by atoms with Crippen LogP contribution in [0, 0.1) is 0 Å². The minimum Gasteiger partial charge on any atom is -0.481 e. The van der Waals surface area contributed by atoms with Gasteiger partial charge in [0.05, 0.1) is 5.92 Å². The van der Waals surface area contributed by atoms with E-state index in [2.05, 4.69) is 5.10 Å². The van der Waals surface area contributed by atoms with Crippen LogP contribution in [0.1, 0.15) is 37.1 Å². The van der Waals surface area contributed by atoms with E-state index in [-0.39, 0.29) is 6.04 Å². The van der Waals surface area contributed by atoms with Gasteiger partial charge in [0.2, 0.25) is 0 Å². The number of nitrogens with zero attached hydrogens (tertiary/aromatic N) is 2. The Kier molecular flexibility index (Phi) is 4.00. The first-order valence-corrected chi connectivity index (χ1v) is 6.39. The third-order valence-corrected chi connectivity index (χ3v) is 3.15. The highest BCUT2D eigenvalue weighted by molar-refractivity contribution is 5.76. The molecule has 0 saturated carbocycles. The number of benzene rings is 1. The zero-order valence-corrected chi connectivity index (χ0v) is 11.2. The smallest absolute Gasteiger partial charge is 0.311 e. The molecule has 2 rings (SSSR count). The molecule has 1 heterocycles. The molecule has 0 amide bonds. The van der Waals surface area contributed by atoms with E-state index in [9.17, 15) is 9.90 Å². The summed E-state index contributed by atoms with van der Waals surface area (Å²) in [5.74, 6) is -1.34. The standard InChI is InChI=1S/C15H18N2O2/c1-11(2)17-13(8-9-16-17)10-14(15(18)19)12-6-4-3-5-7-12/h3-9,11,14H,10H2,1-2H3,(H,18,19). The maximum Gasteiger partial charge on any atom is 0.311 e. The number of aliphatic carboxylic acids is 1. The van der Waals surface area contributed by atoms with E-state index in [0.29, 0.717) is 6.42 Å². The summed E-state index contributed by atoms with van der Waals surface area (Å²) in [5.41, 5.74) is 1.78. The summed E-state index contributed by atoms with van der Waals surface area (Å²) in [4.78, 5) is 11.5. The Bertz CT molecular complexity index is 546. The third-order valence-electron chi connectivity index (χ3n) is 3.15. The first-order chi connectivity index (χ1) is 9.09. The van der Waals surface area contributed by atoms with Gasteiger partial charge in [0.15, 0.2) is 0 Å². The molecule has 1 unspecified atom stereocenters. The van der Waals surface area contributed by atoms with Crippen LogP contribution >= 0.6 is 0 Å². The molecule has 0 bridgehead atoms. The molecule has 4 nitrogen and oxygen atoms in total. The summed E-state index contributed by atoms with van der Waals surface area (Å²) in [7, 11) is 0. The van der Waals surface area contributed by atoms with E-state index in [4.69, 9.17) is 0 Å². The average molecular weight is 258 g/mol. The number of carboxylic acid groups (broad SMARTS) is 1. The van der Waals surface area contributed by atoms with Crippen molar-refractivity contribution in [3.63, 3.8) is 0 Å². The molecular weight excluding hydrogens is 240 g/mol. The van der Waals surface area contributed by atoms with E-state index < -0.39 is 11.9 Å². The topological polar surface area (TPSA) is 55.1 Å². The molecule has 0 aliphatic heterocycles. The summed E-state index contributed by atoms with van der Waals surface area (Å²) in [5, 5.41) is 13.7. The van der Waals surface area contributed by atoms with E-state index in [1.54, 1.807) is 6.20 Å². The number of hydrogen-bond acceptors (Lipinski definition) is 2. The molecule has 19 heavy (non-hydrogen) atoms. The Morgan fingerprint density at radius 2 is 1.95 bits per heavy atom. The van der Waals surface area contributed by atoms with Crippen LogP contribution in [0.3, 0.4) is 0 Å². The van der Waals surface area contributed by atoms with Crippen molar-refractivity contribution in [2.75, 3.05) is 0 Å². The van der Waals surface area contributed by atoms with Crippen LogP contribution in [0.2, 0.25) is 0 Å². The highest BCUT2D eigenvalue weighted by atomic mass is 16.4. The van der Waals surface area contributed by atoms with Gasteiger partial charge in [-0.2, -0.15) is 5.10 Å². The fourth-order valence-corrected chi connectivity index (χ4v) is 2.21. The van der Waals surface area contributed by atoms with E-state index in [1.807, 2.05) is 54.9 Å². The Hall–Kier alpha value is -2.10. The first kappa shape index (κ1) is 13.3. The molecule has 0 aliphatic carbocycles. The Morgan fingerprint density at radius 3 is 2.53 bits per heavy atom. The SMILES string of the molecule is CC(C)n1nccc1CC(C(=O)O)c1ccccc1. The van der Waals surface area contributed by atoms with Gasteiger partial charge in [-0.05, 0) is 25.5 Å². The van der Waals surface area contributed by atoms with Crippen molar-refractivity contribution in [2.24, 2.45) is 0 Å². The number of carboxylic acids is 1. The maximum atomic E-state index is 11.5. The third kappa shape index (κ3) is 3.02. The zero-order chi connectivity index (χ0) is 13.8. The van der Waals surface area contributed by atoms with Crippen LogP contribution in [0.15, 0.2) is 42.6 Å². The first-order valence-electron chi connectivity index (χ1n) is 6.39. The van der Waals surface area contributed by atoms with Crippen molar-refractivity contribution in [1.82, 2.24) is 9.78 Å². The van der Waals surface area contributed by atoms with E-state index >= 15 is 0 Å². The summed E-state index contributed by atoms with van der Waals surface area (Å²) in [6.45, 7) is 4.07. The van der Waals surface area contributed by atoms with Crippen LogP contribution in [0.5, 0.6) is 0 Å². The van der Waals surface area contributed by atoms with Crippen molar-refractivity contribution in [3.8, 4) is 0 Å². The van der Waals surface area contributed by atoms with Gasteiger partial charge in [-0.3, -0.25) is 9.48 Å². The molecule has 0 radical (unpaired) electrons. The van der Waals surface area contributed by atoms with Gasteiger partial charge >= 0.3 is 5.97 Å². The molecule has 4 heteroatoms. The number of rotatable bonds is 5. The maximum absolute atomic E-state index is 11.5. The van der Waals surface area contributed by atoms with Crippen molar-refractivity contribution in [2.45, 2.75) is 32.2 Å². The predicted octanol–water partition coefficient (Wildman–Crippen LogP) is 2.87. The molecule has 0 spiro atoms. The van der Waals surface area contributed by atoms with Crippen molar-refractivity contribution >= 4 is 5.97 Å². The summed E-state index contributed by atoms with van der Waals surface area (Å²) in [6, 6.07) is 11.5. The lowest BCUT2D eigenvalue weighted by Crippen LogP contribution is -2.17. The number of hydrogen-bond donors (Lipinski definition) is 1. The number of carbonyl (C=O) groups is 1. The van der Waals surface area contributed by atoms with Gasteiger partial charge in [0.1, 0.15) is 0 Å². The molecule has 1 aromatic heterocycles. The minimum atomic E-state index is -0.803. The molecule has 0 aliphatic rings. The molecule has 1 atom stereocenters. The van der Waals surface area contributed by atoms with Crippen molar-refractivity contribution in [1.29, 1.82) is 0 Å². The lowest BCUT2D eigenvalue weighted by atomic mass is 9.94. The largest absolute Gasteiger partial charge is 0.481 e. The number of aromatic nitrogens is 2. The fraction of sp³-hybridized carbons (Fsp3) is 0.333. The van der Waals surface area contributed by atoms with Gasteiger partial charge in [0, 0.05) is 24.4 Å². The second-order valence-electron chi connectivity index (χ2n) is 4.87. The average Bonchev–Trinajstić information content (AvgIpc) is 2.85.